The lowest BCUT2D eigenvalue weighted by molar-refractivity contribution is 0.169. The van der Waals surface area contributed by atoms with E-state index < -0.39 is 0 Å². The molecule has 2 rings (SSSR count). The molecule has 1 aromatic rings. The van der Waals surface area contributed by atoms with E-state index in [-0.39, 0.29) is 0 Å². The van der Waals surface area contributed by atoms with Crippen LogP contribution in [0.5, 0.6) is 0 Å². The van der Waals surface area contributed by atoms with Crippen LogP contribution in [-0.4, -0.2) is 30.6 Å². The molecule has 1 N–H and O–H groups in total. The summed E-state index contributed by atoms with van der Waals surface area (Å²) in [6.45, 7) is 8.05. The molecule has 1 aliphatic heterocycles. The summed E-state index contributed by atoms with van der Waals surface area (Å²) < 4.78 is 1.18. The summed E-state index contributed by atoms with van der Waals surface area (Å²) in [7, 11) is 0. The summed E-state index contributed by atoms with van der Waals surface area (Å²) in [4.78, 5) is 2.63. The van der Waals surface area contributed by atoms with E-state index in [0.29, 0.717) is 12.1 Å². The quantitative estimate of drug-likeness (QED) is 0.828. The number of likely N-dealkylation sites (N-methyl/N-ethyl adjacent to an activating group) is 1. The Morgan fingerprint density at radius 3 is 2.80 bits per heavy atom. The van der Waals surface area contributed by atoms with Gasteiger partial charge in [-0.3, -0.25) is 4.90 Å². The highest BCUT2D eigenvalue weighted by Crippen LogP contribution is 2.27. The number of halogens is 1. The molecule has 1 aromatic carbocycles. The van der Waals surface area contributed by atoms with E-state index in [1.165, 1.54) is 42.4 Å². The monoisotopic (exact) mass is 338 g/mol. The zero-order chi connectivity index (χ0) is 14.4. The Bertz CT molecular complexity index is 402. The molecule has 1 saturated heterocycles. The van der Waals surface area contributed by atoms with Gasteiger partial charge in [-0.25, -0.2) is 0 Å². The van der Waals surface area contributed by atoms with Crippen molar-refractivity contribution < 1.29 is 0 Å². The van der Waals surface area contributed by atoms with Crippen molar-refractivity contribution in [2.24, 2.45) is 0 Å². The van der Waals surface area contributed by atoms with Crippen molar-refractivity contribution in [3.05, 3.63) is 34.3 Å². The van der Waals surface area contributed by atoms with Gasteiger partial charge in [0, 0.05) is 23.1 Å². The summed E-state index contributed by atoms with van der Waals surface area (Å²) in [5.41, 5.74) is 1.43. The maximum absolute atomic E-state index is 3.67. The van der Waals surface area contributed by atoms with Gasteiger partial charge in [0.25, 0.3) is 0 Å². The van der Waals surface area contributed by atoms with Crippen molar-refractivity contribution in [2.45, 2.75) is 51.6 Å². The third-order valence-electron chi connectivity index (χ3n) is 4.33. The molecule has 1 aliphatic rings. The zero-order valence-corrected chi connectivity index (χ0v) is 14.3. The molecule has 2 unspecified atom stereocenters. The lowest BCUT2D eigenvalue weighted by Crippen LogP contribution is -2.44. The van der Waals surface area contributed by atoms with Gasteiger partial charge < -0.3 is 5.32 Å². The van der Waals surface area contributed by atoms with Crippen LogP contribution in [0.2, 0.25) is 0 Å². The molecule has 112 valence electrons. The average molecular weight is 339 g/mol. The molecule has 0 spiro atoms. The van der Waals surface area contributed by atoms with Gasteiger partial charge in [0.2, 0.25) is 0 Å². The minimum Gasteiger partial charge on any atom is -0.313 e. The molecule has 0 radical (unpaired) electrons. The molecule has 0 bridgehead atoms. The molecule has 0 aromatic heterocycles. The highest BCUT2D eigenvalue weighted by molar-refractivity contribution is 9.10. The molecule has 20 heavy (non-hydrogen) atoms. The Morgan fingerprint density at radius 2 is 2.20 bits per heavy atom. The zero-order valence-electron chi connectivity index (χ0n) is 12.7. The summed E-state index contributed by atoms with van der Waals surface area (Å²) in [6.07, 6.45) is 5.21. The van der Waals surface area contributed by atoms with Crippen LogP contribution in [0.1, 0.15) is 51.1 Å². The number of piperidine rings is 1. The highest BCUT2D eigenvalue weighted by Gasteiger charge is 2.22. The van der Waals surface area contributed by atoms with E-state index in [0.717, 1.165) is 13.0 Å². The lowest BCUT2D eigenvalue weighted by Gasteiger charge is -2.35. The van der Waals surface area contributed by atoms with E-state index in [4.69, 9.17) is 0 Å². The maximum atomic E-state index is 3.67. The molecule has 0 amide bonds. The summed E-state index contributed by atoms with van der Waals surface area (Å²) in [5.74, 6) is 0. The van der Waals surface area contributed by atoms with E-state index in [2.05, 4.69) is 64.3 Å². The maximum Gasteiger partial charge on any atom is 0.0346 e. The van der Waals surface area contributed by atoms with Gasteiger partial charge in [0.05, 0.1) is 0 Å². The Labute approximate surface area is 132 Å². The molecule has 1 heterocycles. The summed E-state index contributed by atoms with van der Waals surface area (Å²) in [6, 6.07) is 9.98. The van der Waals surface area contributed by atoms with Gasteiger partial charge in [-0.2, -0.15) is 0 Å². The summed E-state index contributed by atoms with van der Waals surface area (Å²) >= 11 is 3.60. The minimum absolute atomic E-state index is 0.529. The van der Waals surface area contributed by atoms with Gasteiger partial charge in [-0.15, -0.1) is 0 Å². The average Bonchev–Trinajstić information content (AvgIpc) is 2.48. The summed E-state index contributed by atoms with van der Waals surface area (Å²) in [5, 5.41) is 3.67. The number of hydrogen-bond acceptors (Lipinski definition) is 2. The molecule has 3 heteroatoms. The molecular formula is C17H27BrN2. The smallest absolute Gasteiger partial charge is 0.0346 e. The first kappa shape index (κ1) is 16.0. The van der Waals surface area contributed by atoms with Crippen molar-refractivity contribution in [3.8, 4) is 0 Å². The third kappa shape index (κ3) is 4.31. The molecule has 2 nitrogen and oxygen atoms in total. The Kier molecular flexibility index (Phi) is 6.53. The number of nitrogens with zero attached hydrogens (tertiary/aromatic N) is 1. The van der Waals surface area contributed by atoms with Gasteiger partial charge >= 0.3 is 0 Å². The first-order valence-corrected chi connectivity index (χ1v) is 8.76. The van der Waals surface area contributed by atoms with E-state index >= 15 is 0 Å². The van der Waals surface area contributed by atoms with Crippen LogP contribution < -0.4 is 5.32 Å². The minimum atomic E-state index is 0.529. The number of rotatable bonds is 6. The van der Waals surface area contributed by atoms with Crippen molar-refractivity contribution >= 4 is 15.9 Å². The van der Waals surface area contributed by atoms with E-state index in [1.807, 2.05) is 0 Å². The standard InChI is InChI=1S/C17H27BrN2/c1-3-17(14-8-7-9-15(18)12-14)20(4-2)13-16-10-5-6-11-19-16/h7-9,12,16-17,19H,3-6,10-11,13H2,1-2H3. The van der Waals surface area contributed by atoms with Gasteiger partial charge in [-0.1, -0.05) is 48.3 Å². The normalized spacial score (nSPS) is 21.1. The number of hydrogen-bond donors (Lipinski definition) is 1. The molecular weight excluding hydrogens is 312 g/mol. The van der Waals surface area contributed by atoms with Crippen molar-refractivity contribution in [2.75, 3.05) is 19.6 Å². The van der Waals surface area contributed by atoms with Crippen LogP contribution >= 0.6 is 15.9 Å². The van der Waals surface area contributed by atoms with Crippen LogP contribution in [0.15, 0.2) is 28.7 Å². The van der Waals surface area contributed by atoms with Crippen LogP contribution in [0.4, 0.5) is 0 Å². The Morgan fingerprint density at radius 1 is 1.35 bits per heavy atom. The number of benzene rings is 1. The van der Waals surface area contributed by atoms with Crippen LogP contribution in [0.3, 0.4) is 0 Å². The molecule has 0 saturated carbocycles. The fourth-order valence-corrected chi connectivity index (χ4v) is 3.68. The van der Waals surface area contributed by atoms with Gasteiger partial charge in [0.15, 0.2) is 0 Å². The van der Waals surface area contributed by atoms with E-state index in [1.54, 1.807) is 0 Å². The fourth-order valence-electron chi connectivity index (χ4n) is 3.26. The van der Waals surface area contributed by atoms with Crippen molar-refractivity contribution in [1.82, 2.24) is 10.2 Å². The molecule has 1 fully saturated rings. The van der Waals surface area contributed by atoms with Crippen molar-refractivity contribution in [3.63, 3.8) is 0 Å². The second-order valence-corrected chi connectivity index (χ2v) is 6.63. The Hall–Kier alpha value is -0.380. The SMILES string of the molecule is CCC(c1cccc(Br)c1)N(CC)CC1CCCCN1. The van der Waals surface area contributed by atoms with E-state index in [9.17, 15) is 0 Å². The van der Waals surface area contributed by atoms with Crippen LogP contribution in [-0.2, 0) is 0 Å². The largest absolute Gasteiger partial charge is 0.313 e. The number of nitrogens with one attached hydrogen (secondary N) is 1. The third-order valence-corrected chi connectivity index (χ3v) is 4.83. The lowest BCUT2D eigenvalue weighted by atomic mass is 9.99. The predicted molar refractivity (Wildman–Crippen MR) is 90.1 cm³/mol. The first-order chi connectivity index (χ1) is 9.74. The van der Waals surface area contributed by atoms with Crippen molar-refractivity contribution in [1.29, 1.82) is 0 Å². The van der Waals surface area contributed by atoms with Crippen LogP contribution in [0, 0.1) is 0 Å². The highest BCUT2D eigenvalue weighted by atomic mass is 79.9. The Balaban J connectivity index is 2.06. The van der Waals surface area contributed by atoms with Gasteiger partial charge in [0.1, 0.15) is 0 Å². The second kappa shape index (κ2) is 8.16. The second-order valence-electron chi connectivity index (χ2n) is 5.71. The van der Waals surface area contributed by atoms with Crippen LogP contribution in [0.25, 0.3) is 0 Å². The predicted octanol–water partition coefficient (Wildman–Crippen LogP) is 4.36. The first-order valence-electron chi connectivity index (χ1n) is 7.97. The van der Waals surface area contributed by atoms with Gasteiger partial charge in [-0.05, 0) is 50.0 Å². The molecule has 2 atom stereocenters. The molecule has 0 aliphatic carbocycles. The topological polar surface area (TPSA) is 15.3 Å². The fraction of sp³-hybridized carbons (Fsp3) is 0.647.